The van der Waals surface area contributed by atoms with Gasteiger partial charge in [0.15, 0.2) is 6.61 Å². The summed E-state index contributed by atoms with van der Waals surface area (Å²) in [4.78, 5) is 25.9. The summed E-state index contributed by atoms with van der Waals surface area (Å²) in [6.45, 7) is 4.28. The van der Waals surface area contributed by atoms with Crippen LogP contribution in [0.4, 0.5) is 0 Å². The lowest BCUT2D eigenvalue weighted by Gasteiger charge is -2.19. The van der Waals surface area contributed by atoms with Gasteiger partial charge in [0.05, 0.1) is 0 Å². The number of nitrogens with one attached hydrogen (secondary N) is 1. The van der Waals surface area contributed by atoms with Gasteiger partial charge in [-0.05, 0) is 31.2 Å². The molecule has 0 spiro atoms. The van der Waals surface area contributed by atoms with Crippen LogP contribution in [0.1, 0.15) is 33.1 Å². The Morgan fingerprint density at radius 1 is 1.35 bits per heavy atom. The molecule has 0 aliphatic rings. The van der Waals surface area contributed by atoms with E-state index in [-0.39, 0.29) is 5.91 Å². The van der Waals surface area contributed by atoms with Gasteiger partial charge in [0.1, 0.15) is 0 Å². The van der Waals surface area contributed by atoms with Crippen LogP contribution in [0, 0.1) is 11.8 Å². The molecule has 4 N–H and O–H groups in total. The molecule has 1 unspecified atom stereocenters. The number of carbonyl (C=O) groups is 2. The van der Waals surface area contributed by atoms with E-state index in [1.54, 1.807) is 0 Å². The maximum atomic E-state index is 11.3. The Bertz CT molecular complexity index is 244. The summed E-state index contributed by atoms with van der Waals surface area (Å²) in [7, 11) is 0. The van der Waals surface area contributed by atoms with Gasteiger partial charge in [0.25, 0.3) is 0 Å². The van der Waals surface area contributed by atoms with Crippen molar-refractivity contribution >= 4 is 11.9 Å². The molecule has 1 atom stereocenters. The molecule has 6 nitrogen and oxygen atoms in total. The van der Waals surface area contributed by atoms with Crippen LogP contribution in [-0.2, 0) is 14.4 Å². The van der Waals surface area contributed by atoms with Crippen molar-refractivity contribution in [1.29, 1.82) is 0 Å². The van der Waals surface area contributed by atoms with Crippen molar-refractivity contribution in [3.63, 3.8) is 0 Å². The fourth-order valence-electron chi connectivity index (χ4n) is 1.57. The van der Waals surface area contributed by atoms with Crippen LogP contribution in [-0.4, -0.2) is 30.1 Å². The number of carboxylic acids is 1. The highest BCUT2D eigenvalue weighted by Gasteiger charge is 2.14. The number of rotatable bonds is 9. The first-order valence-corrected chi connectivity index (χ1v) is 5.79. The van der Waals surface area contributed by atoms with Gasteiger partial charge < -0.3 is 10.8 Å². The summed E-state index contributed by atoms with van der Waals surface area (Å²) < 4.78 is 0. The summed E-state index contributed by atoms with van der Waals surface area (Å²) >= 11 is 0. The van der Waals surface area contributed by atoms with Gasteiger partial charge in [-0.3, -0.25) is 9.63 Å². The van der Waals surface area contributed by atoms with E-state index in [1.165, 1.54) is 0 Å². The molecule has 0 bridgehead atoms. The van der Waals surface area contributed by atoms with Gasteiger partial charge in [0.2, 0.25) is 5.91 Å². The second-order valence-corrected chi connectivity index (χ2v) is 4.33. The summed E-state index contributed by atoms with van der Waals surface area (Å²) in [6.07, 6.45) is 1.94. The van der Waals surface area contributed by atoms with Crippen LogP contribution in [0.15, 0.2) is 0 Å². The Hall–Kier alpha value is -1.14. The highest BCUT2D eigenvalue weighted by atomic mass is 16.7. The zero-order valence-corrected chi connectivity index (χ0v) is 10.4. The molecule has 0 aliphatic carbocycles. The molecular weight excluding hydrogens is 224 g/mol. The number of carboxylic acid groups (broad SMARTS) is 1. The van der Waals surface area contributed by atoms with Gasteiger partial charge >= 0.3 is 5.97 Å². The first-order chi connectivity index (χ1) is 7.97. The molecule has 0 saturated carbocycles. The van der Waals surface area contributed by atoms with Crippen molar-refractivity contribution in [2.75, 3.05) is 13.2 Å². The lowest BCUT2D eigenvalue weighted by atomic mass is 9.88. The van der Waals surface area contributed by atoms with Crippen molar-refractivity contribution in [3.8, 4) is 0 Å². The Morgan fingerprint density at radius 2 is 2.00 bits per heavy atom. The molecule has 100 valence electrons. The predicted molar refractivity (Wildman–Crippen MR) is 63.0 cm³/mol. The number of carbonyl (C=O) groups excluding carboxylic acids is 1. The monoisotopic (exact) mass is 246 g/mol. The molecule has 0 saturated heterocycles. The molecule has 17 heavy (non-hydrogen) atoms. The molecule has 0 aromatic carbocycles. The highest BCUT2D eigenvalue weighted by Crippen LogP contribution is 2.20. The third kappa shape index (κ3) is 8.65. The fraction of sp³-hybridized carbons (Fsp3) is 0.818. The quantitative estimate of drug-likeness (QED) is 0.515. The van der Waals surface area contributed by atoms with E-state index in [2.05, 4.69) is 24.2 Å². The molecule has 0 heterocycles. The first-order valence-electron chi connectivity index (χ1n) is 5.79. The topological polar surface area (TPSA) is 102 Å². The van der Waals surface area contributed by atoms with Gasteiger partial charge in [-0.25, -0.2) is 10.3 Å². The summed E-state index contributed by atoms with van der Waals surface area (Å²) in [5.41, 5.74) is 7.60. The number of nitrogens with two attached hydrogens (primary N) is 1. The third-order valence-corrected chi connectivity index (χ3v) is 2.60. The molecular formula is C11H22N2O4. The van der Waals surface area contributed by atoms with Crippen LogP contribution in [0.3, 0.4) is 0 Å². The highest BCUT2D eigenvalue weighted by molar-refractivity contribution is 5.75. The average Bonchev–Trinajstić information content (AvgIpc) is 2.23. The normalized spacial score (nSPS) is 12.5. The molecule has 0 aromatic heterocycles. The number of aliphatic carboxylic acids is 1. The van der Waals surface area contributed by atoms with E-state index >= 15 is 0 Å². The Balaban J connectivity index is 3.76. The SMILES string of the molecule is CC(C)C(CCN)CCC(=O)NOCC(=O)O. The minimum absolute atomic E-state index is 0.297. The fourth-order valence-corrected chi connectivity index (χ4v) is 1.57. The summed E-state index contributed by atoms with van der Waals surface area (Å²) in [6, 6.07) is 0. The minimum atomic E-state index is -1.12. The van der Waals surface area contributed by atoms with Crippen LogP contribution in [0.5, 0.6) is 0 Å². The van der Waals surface area contributed by atoms with E-state index in [1.807, 2.05) is 0 Å². The third-order valence-electron chi connectivity index (χ3n) is 2.60. The van der Waals surface area contributed by atoms with E-state index in [4.69, 9.17) is 10.8 Å². The average molecular weight is 246 g/mol. The van der Waals surface area contributed by atoms with Crippen molar-refractivity contribution in [3.05, 3.63) is 0 Å². The Labute approximate surface area is 101 Å². The first kappa shape index (κ1) is 15.9. The van der Waals surface area contributed by atoms with Gasteiger partial charge in [-0.1, -0.05) is 13.8 Å². The van der Waals surface area contributed by atoms with Crippen molar-refractivity contribution in [2.24, 2.45) is 17.6 Å². The lowest BCUT2D eigenvalue weighted by Crippen LogP contribution is -2.27. The molecule has 6 heteroatoms. The summed E-state index contributed by atoms with van der Waals surface area (Å²) in [5.74, 6) is -0.529. The number of amides is 1. The largest absolute Gasteiger partial charge is 0.479 e. The minimum Gasteiger partial charge on any atom is -0.479 e. The maximum absolute atomic E-state index is 11.3. The van der Waals surface area contributed by atoms with E-state index in [0.29, 0.717) is 24.8 Å². The Morgan fingerprint density at radius 3 is 2.47 bits per heavy atom. The Kier molecular flexibility index (Phi) is 8.35. The van der Waals surface area contributed by atoms with Crippen molar-refractivity contribution in [1.82, 2.24) is 5.48 Å². The number of hydroxylamine groups is 1. The second-order valence-electron chi connectivity index (χ2n) is 4.33. The molecule has 0 rings (SSSR count). The standard InChI is InChI=1S/C11H22N2O4/c1-8(2)9(5-6-12)3-4-10(14)13-17-7-11(15)16/h8-9H,3-7,12H2,1-2H3,(H,13,14)(H,15,16). The van der Waals surface area contributed by atoms with Crippen LogP contribution in [0.25, 0.3) is 0 Å². The van der Waals surface area contributed by atoms with Gasteiger partial charge in [0, 0.05) is 6.42 Å². The lowest BCUT2D eigenvalue weighted by molar-refractivity contribution is -0.149. The van der Waals surface area contributed by atoms with E-state index in [0.717, 1.165) is 12.8 Å². The smallest absolute Gasteiger partial charge is 0.332 e. The van der Waals surface area contributed by atoms with E-state index in [9.17, 15) is 9.59 Å². The molecule has 1 amide bonds. The molecule has 0 aliphatic heterocycles. The van der Waals surface area contributed by atoms with Crippen molar-refractivity contribution < 1.29 is 19.5 Å². The predicted octanol–water partition coefficient (Wildman–Crippen LogP) is 0.520. The maximum Gasteiger partial charge on any atom is 0.332 e. The molecule has 0 fully saturated rings. The van der Waals surface area contributed by atoms with Crippen molar-refractivity contribution in [2.45, 2.75) is 33.1 Å². The zero-order chi connectivity index (χ0) is 13.3. The number of hydrogen-bond acceptors (Lipinski definition) is 4. The van der Waals surface area contributed by atoms with Crippen LogP contribution >= 0.6 is 0 Å². The van der Waals surface area contributed by atoms with Crippen LogP contribution < -0.4 is 11.2 Å². The van der Waals surface area contributed by atoms with E-state index < -0.39 is 12.6 Å². The number of hydrogen-bond donors (Lipinski definition) is 3. The molecule has 0 aromatic rings. The van der Waals surface area contributed by atoms with Crippen LogP contribution in [0.2, 0.25) is 0 Å². The van der Waals surface area contributed by atoms with Gasteiger partial charge in [-0.15, -0.1) is 0 Å². The second kappa shape index (κ2) is 8.95. The zero-order valence-electron chi connectivity index (χ0n) is 10.4. The molecule has 0 radical (unpaired) electrons. The summed E-state index contributed by atoms with van der Waals surface area (Å²) in [5, 5.41) is 8.30. The van der Waals surface area contributed by atoms with Gasteiger partial charge in [-0.2, -0.15) is 0 Å².